The minimum absolute atomic E-state index is 0.0446. The lowest BCUT2D eigenvalue weighted by Crippen LogP contribution is -2.23. The van der Waals surface area contributed by atoms with E-state index in [1.54, 1.807) is 17.4 Å². The number of nitrogens with one attached hydrogen (secondary N) is 1. The van der Waals surface area contributed by atoms with Gasteiger partial charge in [-0.15, -0.1) is 0 Å². The molecule has 0 radical (unpaired) electrons. The quantitative estimate of drug-likeness (QED) is 0.848. The van der Waals surface area contributed by atoms with Gasteiger partial charge in [-0.3, -0.25) is 0 Å². The molecule has 1 N–H and O–H groups in total. The van der Waals surface area contributed by atoms with Crippen LogP contribution in [0.5, 0.6) is 0 Å². The lowest BCUT2D eigenvalue weighted by molar-refractivity contribution is 0.547. The molecule has 0 amide bonds. The molecule has 0 bridgehead atoms. The molecule has 2 rings (SSSR count). The Morgan fingerprint density at radius 2 is 2.17 bits per heavy atom. The zero-order chi connectivity index (χ0) is 13.0. The van der Waals surface area contributed by atoms with Gasteiger partial charge in [-0.25, -0.2) is 4.39 Å². The molecule has 0 aliphatic heterocycles. The van der Waals surface area contributed by atoms with Crippen molar-refractivity contribution in [3.05, 3.63) is 57.5 Å². The zero-order valence-electron chi connectivity index (χ0n) is 10.7. The molecule has 1 aromatic carbocycles. The van der Waals surface area contributed by atoms with Crippen LogP contribution >= 0.6 is 11.3 Å². The summed E-state index contributed by atoms with van der Waals surface area (Å²) in [6.07, 6.45) is 1.04. The summed E-state index contributed by atoms with van der Waals surface area (Å²) in [5.41, 5.74) is 2.82. The fraction of sp³-hybridized carbons (Fsp3) is 0.333. The molecule has 0 aliphatic rings. The highest BCUT2D eigenvalue weighted by Gasteiger charge is 2.17. The molecular weight excluding hydrogens is 245 g/mol. The first kappa shape index (κ1) is 13.2. The van der Waals surface area contributed by atoms with Crippen LogP contribution in [0.1, 0.15) is 36.1 Å². The van der Waals surface area contributed by atoms with Gasteiger partial charge in [0.05, 0.1) is 6.04 Å². The van der Waals surface area contributed by atoms with Gasteiger partial charge in [0.15, 0.2) is 0 Å². The summed E-state index contributed by atoms with van der Waals surface area (Å²) in [4.78, 5) is 0. The number of aryl methyl sites for hydroxylation is 1. The molecule has 18 heavy (non-hydrogen) atoms. The molecular formula is C15H18FNS. The van der Waals surface area contributed by atoms with E-state index in [-0.39, 0.29) is 11.9 Å². The average Bonchev–Trinajstić information content (AvgIpc) is 2.85. The largest absolute Gasteiger partial charge is 0.306 e. The summed E-state index contributed by atoms with van der Waals surface area (Å²) in [5.74, 6) is -0.130. The van der Waals surface area contributed by atoms with Gasteiger partial charge in [-0.05, 0) is 53.9 Å². The van der Waals surface area contributed by atoms with Gasteiger partial charge in [-0.2, -0.15) is 11.3 Å². The van der Waals surface area contributed by atoms with Crippen LogP contribution in [-0.4, -0.2) is 6.54 Å². The van der Waals surface area contributed by atoms with Crippen LogP contribution in [0.2, 0.25) is 0 Å². The second-order valence-electron chi connectivity index (χ2n) is 4.47. The smallest absolute Gasteiger partial charge is 0.128 e. The maximum atomic E-state index is 14.1. The van der Waals surface area contributed by atoms with E-state index in [1.165, 1.54) is 0 Å². The first-order valence-corrected chi connectivity index (χ1v) is 7.18. The summed E-state index contributed by atoms with van der Waals surface area (Å²) < 4.78 is 14.1. The first-order valence-electron chi connectivity index (χ1n) is 6.24. The minimum Gasteiger partial charge on any atom is -0.306 e. The molecule has 0 saturated heterocycles. The maximum absolute atomic E-state index is 14.1. The van der Waals surface area contributed by atoms with Crippen molar-refractivity contribution in [2.45, 2.75) is 26.3 Å². The molecule has 0 spiro atoms. The normalized spacial score (nSPS) is 12.6. The van der Waals surface area contributed by atoms with E-state index in [0.29, 0.717) is 0 Å². The van der Waals surface area contributed by atoms with Crippen molar-refractivity contribution in [1.82, 2.24) is 5.32 Å². The lowest BCUT2D eigenvalue weighted by Gasteiger charge is -2.19. The Balaban J connectivity index is 2.33. The van der Waals surface area contributed by atoms with Crippen molar-refractivity contribution in [1.29, 1.82) is 0 Å². The SMILES string of the molecule is CCCNC(c1ccsc1)c1ccc(C)cc1F. The third-order valence-corrected chi connectivity index (χ3v) is 3.64. The molecule has 1 unspecified atom stereocenters. The van der Waals surface area contributed by atoms with Gasteiger partial charge in [0.2, 0.25) is 0 Å². The van der Waals surface area contributed by atoms with E-state index in [2.05, 4.69) is 23.7 Å². The van der Waals surface area contributed by atoms with Crippen LogP contribution in [0.4, 0.5) is 4.39 Å². The van der Waals surface area contributed by atoms with Gasteiger partial charge in [0, 0.05) is 5.56 Å². The summed E-state index contributed by atoms with van der Waals surface area (Å²) >= 11 is 1.64. The topological polar surface area (TPSA) is 12.0 Å². The fourth-order valence-electron chi connectivity index (χ4n) is 2.00. The van der Waals surface area contributed by atoms with Crippen LogP contribution in [-0.2, 0) is 0 Å². The molecule has 0 saturated carbocycles. The minimum atomic E-state index is -0.130. The Hall–Kier alpha value is -1.19. The standard InChI is InChI=1S/C15H18FNS/c1-3-7-17-15(12-6-8-18-10-12)13-5-4-11(2)9-14(13)16/h4-6,8-10,15,17H,3,7H2,1-2H3. The van der Waals surface area contributed by atoms with Gasteiger partial charge >= 0.3 is 0 Å². The Morgan fingerprint density at radius 1 is 1.33 bits per heavy atom. The van der Waals surface area contributed by atoms with Crippen LogP contribution in [0, 0.1) is 12.7 Å². The molecule has 1 heterocycles. The maximum Gasteiger partial charge on any atom is 0.128 e. The average molecular weight is 263 g/mol. The third kappa shape index (κ3) is 2.98. The van der Waals surface area contributed by atoms with E-state index in [4.69, 9.17) is 0 Å². The van der Waals surface area contributed by atoms with Gasteiger partial charge in [0.25, 0.3) is 0 Å². The number of hydrogen-bond acceptors (Lipinski definition) is 2. The van der Waals surface area contributed by atoms with Gasteiger partial charge < -0.3 is 5.32 Å². The lowest BCUT2D eigenvalue weighted by atomic mass is 9.99. The Labute approximate surface area is 112 Å². The first-order chi connectivity index (χ1) is 8.72. The van der Waals surface area contributed by atoms with E-state index in [1.807, 2.05) is 24.4 Å². The molecule has 2 aromatic rings. The van der Waals surface area contributed by atoms with Crippen molar-refractivity contribution in [3.8, 4) is 0 Å². The number of halogens is 1. The van der Waals surface area contributed by atoms with Crippen molar-refractivity contribution < 1.29 is 4.39 Å². The van der Waals surface area contributed by atoms with Gasteiger partial charge in [0.1, 0.15) is 5.82 Å². The van der Waals surface area contributed by atoms with Crippen molar-refractivity contribution in [3.63, 3.8) is 0 Å². The highest BCUT2D eigenvalue weighted by Crippen LogP contribution is 2.26. The molecule has 1 atom stereocenters. The highest BCUT2D eigenvalue weighted by molar-refractivity contribution is 7.08. The van der Waals surface area contributed by atoms with E-state index in [0.717, 1.165) is 29.7 Å². The molecule has 1 nitrogen and oxygen atoms in total. The van der Waals surface area contributed by atoms with Crippen molar-refractivity contribution in [2.24, 2.45) is 0 Å². The fourth-order valence-corrected chi connectivity index (χ4v) is 2.69. The summed E-state index contributed by atoms with van der Waals surface area (Å²) in [6.45, 7) is 4.91. The number of hydrogen-bond donors (Lipinski definition) is 1. The number of rotatable bonds is 5. The predicted octanol–water partition coefficient (Wildman–Crippen LogP) is 4.28. The second kappa shape index (κ2) is 6.12. The molecule has 0 aliphatic carbocycles. The number of thiophene rings is 1. The second-order valence-corrected chi connectivity index (χ2v) is 5.25. The van der Waals surface area contributed by atoms with Crippen LogP contribution in [0.25, 0.3) is 0 Å². The van der Waals surface area contributed by atoms with Crippen molar-refractivity contribution >= 4 is 11.3 Å². The Morgan fingerprint density at radius 3 is 2.78 bits per heavy atom. The predicted molar refractivity (Wildman–Crippen MR) is 75.6 cm³/mol. The third-order valence-electron chi connectivity index (χ3n) is 2.94. The molecule has 96 valence electrons. The highest BCUT2D eigenvalue weighted by atomic mass is 32.1. The monoisotopic (exact) mass is 263 g/mol. The number of benzene rings is 1. The Bertz CT molecular complexity index is 493. The van der Waals surface area contributed by atoms with E-state index < -0.39 is 0 Å². The summed E-state index contributed by atoms with van der Waals surface area (Å²) in [6, 6.07) is 7.46. The van der Waals surface area contributed by atoms with Crippen LogP contribution < -0.4 is 5.32 Å². The van der Waals surface area contributed by atoms with Gasteiger partial charge in [-0.1, -0.05) is 19.1 Å². The van der Waals surface area contributed by atoms with Crippen molar-refractivity contribution in [2.75, 3.05) is 6.54 Å². The van der Waals surface area contributed by atoms with E-state index >= 15 is 0 Å². The molecule has 1 aromatic heterocycles. The molecule has 3 heteroatoms. The summed E-state index contributed by atoms with van der Waals surface area (Å²) in [7, 11) is 0. The van der Waals surface area contributed by atoms with E-state index in [9.17, 15) is 4.39 Å². The summed E-state index contributed by atoms with van der Waals surface area (Å²) in [5, 5.41) is 7.52. The van der Waals surface area contributed by atoms with Crippen LogP contribution in [0.3, 0.4) is 0 Å². The zero-order valence-corrected chi connectivity index (χ0v) is 11.6. The molecule has 0 fully saturated rings. The van der Waals surface area contributed by atoms with Crippen LogP contribution in [0.15, 0.2) is 35.0 Å². The Kier molecular flexibility index (Phi) is 4.50.